The minimum absolute atomic E-state index is 0.0242. The number of rotatable bonds is 9. The SMILES string of the molecule is O=C1NC(CCCCCC(=O)C2NC=CO2)(C2=NCC(c3ccc(F)cc3)N2)CO1. The van der Waals surface area contributed by atoms with Gasteiger partial charge in [0.15, 0.2) is 5.78 Å². The maximum Gasteiger partial charge on any atom is 0.408 e. The van der Waals surface area contributed by atoms with Crippen molar-refractivity contribution in [2.24, 2.45) is 4.99 Å². The summed E-state index contributed by atoms with van der Waals surface area (Å²) in [6.07, 6.45) is 5.51. The van der Waals surface area contributed by atoms with Gasteiger partial charge in [-0.3, -0.25) is 9.79 Å². The molecule has 3 heterocycles. The van der Waals surface area contributed by atoms with Crippen molar-refractivity contribution in [1.29, 1.82) is 0 Å². The minimum atomic E-state index is -0.699. The zero-order valence-electron chi connectivity index (χ0n) is 16.5. The predicted molar refractivity (Wildman–Crippen MR) is 107 cm³/mol. The highest BCUT2D eigenvalue weighted by Crippen LogP contribution is 2.28. The maximum absolute atomic E-state index is 13.2. The monoisotopic (exact) mass is 416 g/mol. The van der Waals surface area contributed by atoms with E-state index in [-0.39, 0.29) is 24.2 Å². The Kier molecular flexibility index (Phi) is 5.87. The lowest BCUT2D eigenvalue weighted by Crippen LogP contribution is -2.55. The number of amides is 1. The zero-order valence-corrected chi connectivity index (χ0v) is 16.5. The smallest absolute Gasteiger partial charge is 0.408 e. The van der Waals surface area contributed by atoms with Gasteiger partial charge >= 0.3 is 6.09 Å². The van der Waals surface area contributed by atoms with Crippen LogP contribution in [0.1, 0.15) is 43.7 Å². The van der Waals surface area contributed by atoms with Crippen LogP contribution >= 0.6 is 0 Å². The number of alkyl carbamates (subject to hydrolysis) is 1. The first-order chi connectivity index (χ1) is 14.6. The van der Waals surface area contributed by atoms with Crippen molar-refractivity contribution in [1.82, 2.24) is 16.0 Å². The molecule has 9 heteroatoms. The molecule has 1 fully saturated rings. The van der Waals surface area contributed by atoms with Crippen molar-refractivity contribution >= 4 is 17.7 Å². The highest BCUT2D eigenvalue weighted by Gasteiger charge is 2.46. The Labute approximate surface area is 173 Å². The highest BCUT2D eigenvalue weighted by molar-refractivity contribution is 5.97. The average Bonchev–Trinajstić information content (AvgIpc) is 3.50. The molecule has 3 aliphatic heterocycles. The minimum Gasteiger partial charge on any atom is -0.469 e. The van der Waals surface area contributed by atoms with Gasteiger partial charge in [-0.05, 0) is 30.5 Å². The number of halogens is 1. The Morgan fingerprint density at radius 3 is 2.77 bits per heavy atom. The van der Waals surface area contributed by atoms with Crippen molar-refractivity contribution < 1.29 is 23.5 Å². The maximum atomic E-state index is 13.2. The average molecular weight is 416 g/mol. The number of nitrogens with one attached hydrogen (secondary N) is 3. The van der Waals surface area contributed by atoms with Crippen LogP contribution in [0.2, 0.25) is 0 Å². The number of hydrogen-bond donors (Lipinski definition) is 3. The number of hydrogen-bond acceptors (Lipinski definition) is 7. The summed E-state index contributed by atoms with van der Waals surface area (Å²) < 4.78 is 23.5. The number of ether oxygens (including phenoxy) is 2. The molecular weight excluding hydrogens is 391 g/mol. The van der Waals surface area contributed by atoms with Crippen LogP contribution in [0.15, 0.2) is 41.7 Å². The van der Waals surface area contributed by atoms with E-state index in [0.29, 0.717) is 25.2 Å². The van der Waals surface area contributed by atoms with E-state index in [1.54, 1.807) is 18.3 Å². The fourth-order valence-electron chi connectivity index (χ4n) is 3.94. The van der Waals surface area contributed by atoms with E-state index in [2.05, 4.69) is 20.9 Å². The lowest BCUT2D eigenvalue weighted by molar-refractivity contribution is -0.127. The van der Waals surface area contributed by atoms with E-state index in [1.165, 1.54) is 18.4 Å². The zero-order chi connectivity index (χ0) is 21.0. The number of unbranched alkanes of at least 4 members (excludes halogenated alkanes) is 2. The molecule has 1 amide bonds. The quantitative estimate of drug-likeness (QED) is 0.534. The molecule has 4 rings (SSSR count). The number of amidine groups is 1. The summed E-state index contributed by atoms with van der Waals surface area (Å²) in [5.41, 5.74) is 0.238. The second-order valence-electron chi connectivity index (χ2n) is 7.73. The van der Waals surface area contributed by atoms with E-state index >= 15 is 0 Å². The summed E-state index contributed by atoms with van der Waals surface area (Å²) in [5, 5.41) is 9.14. The Balaban J connectivity index is 1.29. The van der Waals surface area contributed by atoms with Gasteiger partial charge < -0.3 is 25.4 Å². The van der Waals surface area contributed by atoms with E-state index in [9.17, 15) is 14.0 Å². The van der Waals surface area contributed by atoms with Gasteiger partial charge in [-0.2, -0.15) is 0 Å². The number of Topliss-reactive ketones (excluding diaryl/α,β-unsaturated/α-hetero) is 1. The number of ketones is 1. The van der Waals surface area contributed by atoms with Gasteiger partial charge in [0.2, 0.25) is 6.23 Å². The molecule has 0 bridgehead atoms. The molecule has 3 N–H and O–H groups in total. The van der Waals surface area contributed by atoms with Crippen LogP contribution in [0.25, 0.3) is 0 Å². The topological polar surface area (TPSA) is 101 Å². The number of nitrogens with zero attached hydrogens (tertiary/aromatic N) is 1. The highest BCUT2D eigenvalue weighted by atomic mass is 19.1. The molecule has 0 aliphatic carbocycles. The van der Waals surface area contributed by atoms with E-state index in [0.717, 1.165) is 24.8 Å². The first-order valence-electron chi connectivity index (χ1n) is 10.2. The molecule has 0 aromatic heterocycles. The van der Waals surface area contributed by atoms with Crippen LogP contribution < -0.4 is 16.0 Å². The standard InChI is InChI=1S/C21H25FN4O4/c22-15-7-5-14(6-8-15)16-12-24-19(25-16)21(13-30-20(28)26-21)9-3-1-2-4-17(27)18-23-10-11-29-18/h5-8,10-11,16,18,23H,1-4,9,12-13H2,(H,24,25)(H,26,28). The Bertz CT molecular complexity index is 849. The van der Waals surface area contributed by atoms with Gasteiger partial charge in [0.25, 0.3) is 0 Å². The first kappa shape index (κ1) is 20.2. The first-order valence-corrected chi connectivity index (χ1v) is 10.2. The molecule has 0 radical (unpaired) electrons. The van der Waals surface area contributed by atoms with Gasteiger partial charge in [0.1, 0.15) is 30.1 Å². The molecule has 3 aliphatic rings. The largest absolute Gasteiger partial charge is 0.469 e. The fourth-order valence-corrected chi connectivity index (χ4v) is 3.94. The van der Waals surface area contributed by atoms with Gasteiger partial charge in [0.05, 0.1) is 12.6 Å². The summed E-state index contributed by atoms with van der Waals surface area (Å²) in [5.74, 6) is 0.431. The summed E-state index contributed by atoms with van der Waals surface area (Å²) >= 11 is 0. The molecule has 1 aromatic rings. The van der Waals surface area contributed by atoms with Crippen LogP contribution in [0.3, 0.4) is 0 Å². The summed E-state index contributed by atoms with van der Waals surface area (Å²) in [6, 6.07) is 6.25. The molecule has 0 spiro atoms. The van der Waals surface area contributed by atoms with Crippen molar-refractivity contribution in [2.45, 2.75) is 49.9 Å². The third-order valence-corrected chi connectivity index (χ3v) is 5.61. The summed E-state index contributed by atoms with van der Waals surface area (Å²) in [7, 11) is 0. The predicted octanol–water partition coefficient (Wildman–Crippen LogP) is 2.28. The van der Waals surface area contributed by atoms with Crippen molar-refractivity contribution in [2.75, 3.05) is 13.2 Å². The van der Waals surface area contributed by atoms with Crippen molar-refractivity contribution in [3.63, 3.8) is 0 Å². The fraction of sp³-hybridized carbons (Fsp3) is 0.476. The molecule has 1 aromatic carbocycles. The van der Waals surface area contributed by atoms with E-state index in [1.807, 2.05) is 0 Å². The second-order valence-corrected chi connectivity index (χ2v) is 7.73. The Morgan fingerprint density at radius 1 is 1.23 bits per heavy atom. The molecule has 3 unspecified atom stereocenters. The number of carbonyl (C=O) groups is 2. The van der Waals surface area contributed by atoms with Crippen molar-refractivity contribution in [3.05, 3.63) is 48.1 Å². The third-order valence-electron chi connectivity index (χ3n) is 5.61. The number of cyclic esters (lactones) is 1. The lowest BCUT2D eigenvalue weighted by Gasteiger charge is -2.28. The normalized spacial score (nSPS) is 27.0. The molecular formula is C21H25FN4O4. The third kappa shape index (κ3) is 4.39. The molecule has 3 atom stereocenters. The summed E-state index contributed by atoms with van der Waals surface area (Å²) in [4.78, 5) is 28.4. The summed E-state index contributed by atoms with van der Waals surface area (Å²) in [6.45, 7) is 0.716. The van der Waals surface area contributed by atoms with Crippen LogP contribution in [-0.2, 0) is 14.3 Å². The molecule has 30 heavy (non-hydrogen) atoms. The van der Waals surface area contributed by atoms with Gasteiger partial charge in [-0.15, -0.1) is 0 Å². The van der Waals surface area contributed by atoms with E-state index in [4.69, 9.17) is 9.47 Å². The number of carbonyl (C=O) groups excluding carboxylic acids is 2. The molecule has 8 nitrogen and oxygen atoms in total. The van der Waals surface area contributed by atoms with Crippen LogP contribution in [0.4, 0.5) is 9.18 Å². The second kappa shape index (κ2) is 8.73. The number of benzene rings is 1. The number of aliphatic imine (C=N–C) groups is 1. The van der Waals surface area contributed by atoms with Crippen LogP contribution in [-0.4, -0.2) is 42.6 Å². The van der Waals surface area contributed by atoms with Crippen LogP contribution in [0, 0.1) is 5.82 Å². The Morgan fingerprint density at radius 2 is 2.07 bits per heavy atom. The van der Waals surface area contributed by atoms with Gasteiger partial charge in [0, 0.05) is 12.6 Å². The lowest BCUT2D eigenvalue weighted by atomic mass is 9.91. The molecule has 160 valence electrons. The molecule has 1 saturated heterocycles. The van der Waals surface area contributed by atoms with Crippen molar-refractivity contribution in [3.8, 4) is 0 Å². The van der Waals surface area contributed by atoms with Gasteiger partial charge in [-0.1, -0.05) is 25.0 Å². The molecule has 0 saturated carbocycles. The van der Waals surface area contributed by atoms with Crippen LogP contribution in [0.5, 0.6) is 0 Å². The van der Waals surface area contributed by atoms with E-state index < -0.39 is 17.9 Å². The van der Waals surface area contributed by atoms with Gasteiger partial charge in [-0.25, -0.2) is 9.18 Å². The Hall–Kier alpha value is -3.10.